The molecule has 0 aromatic carbocycles. The first-order valence-corrected chi connectivity index (χ1v) is 7.57. The minimum absolute atomic E-state index is 0.561. The summed E-state index contributed by atoms with van der Waals surface area (Å²) >= 11 is 5.90. The number of fused-ring (bicyclic) bond motifs is 1. The third kappa shape index (κ3) is 2.93. The summed E-state index contributed by atoms with van der Waals surface area (Å²) in [6.07, 6.45) is 5.45. The monoisotopic (exact) mass is 303 g/mol. The molecular weight excluding hydrogens is 286 g/mol. The average molecular weight is 304 g/mol. The van der Waals surface area contributed by atoms with Crippen LogP contribution in [0, 0.1) is 6.92 Å². The molecule has 3 heterocycles. The van der Waals surface area contributed by atoms with Gasteiger partial charge in [0, 0.05) is 44.7 Å². The molecule has 6 heteroatoms. The Kier molecular flexibility index (Phi) is 3.92. The molecule has 0 radical (unpaired) electrons. The van der Waals surface area contributed by atoms with Gasteiger partial charge in [0.05, 0.1) is 5.69 Å². The van der Waals surface area contributed by atoms with Crippen molar-refractivity contribution in [1.29, 1.82) is 0 Å². The van der Waals surface area contributed by atoms with E-state index in [1.165, 1.54) is 0 Å². The highest BCUT2D eigenvalue weighted by Gasteiger charge is 2.12. The zero-order valence-corrected chi connectivity index (χ0v) is 13.0. The predicted molar refractivity (Wildman–Crippen MR) is 83.6 cm³/mol. The van der Waals surface area contributed by atoms with E-state index in [-0.39, 0.29) is 0 Å². The van der Waals surface area contributed by atoms with E-state index >= 15 is 0 Å². The maximum absolute atomic E-state index is 5.90. The second-order valence-electron chi connectivity index (χ2n) is 5.20. The minimum atomic E-state index is 0.561. The quantitative estimate of drug-likeness (QED) is 0.680. The average Bonchev–Trinajstić information content (AvgIpc) is 3.00. The molecule has 0 saturated carbocycles. The van der Waals surface area contributed by atoms with E-state index in [9.17, 15) is 0 Å². The fourth-order valence-electron chi connectivity index (χ4n) is 2.49. The van der Waals surface area contributed by atoms with Crippen LogP contribution in [0.15, 0.2) is 24.5 Å². The molecule has 21 heavy (non-hydrogen) atoms. The van der Waals surface area contributed by atoms with Gasteiger partial charge in [0.15, 0.2) is 5.65 Å². The van der Waals surface area contributed by atoms with Gasteiger partial charge >= 0.3 is 0 Å². The van der Waals surface area contributed by atoms with Gasteiger partial charge in [-0.15, -0.1) is 11.6 Å². The Bertz CT molecular complexity index is 759. The van der Waals surface area contributed by atoms with E-state index in [1.54, 1.807) is 0 Å². The molecule has 0 unspecified atom stereocenters. The Labute approximate surface area is 128 Å². The Hall–Kier alpha value is -1.88. The number of aromatic nitrogens is 5. The van der Waals surface area contributed by atoms with Crippen molar-refractivity contribution in [2.45, 2.75) is 26.3 Å². The summed E-state index contributed by atoms with van der Waals surface area (Å²) in [4.78, 5) is 9.20. The Balaban J connectivity index is 1.92. The van der Waals surface area contributed by atoms with E-state index in [0.29, 0.717) is 5.88 Å². The normalized spacial score (nSPS) is 11.4. The van der Waals surface area contributed by atoms with Gasteiger partial charge < -0.3 is 4.57 Å². The van der Waals surface area contributed by atoms with E-state index in [4.69, 9.17) is 11.6 Å². The molecule has 3 aromatic rings. The highest BCUT2D eigenvalue weighted by molar-refractivity contribution is 6.17. The minimum Gasteiger partial charge on any atom is -0.312 e. The van der Waals surface area contributed by atoms with Crippen LogP contribution in [0.4, 0.5) is 0 Å². The lowest BCUT2D eigenvalue weighted by Gasteiger charge is -2.06. The number of halogens is 1. The van der Waals surface area contributed by atoms with Gasteiger partial charge in [-0.1, -0.05) is 0 Å². The van der Waals surface area contributed by atoms with E-state index in [0.717, 1.165) is 47.6 Å². The fraction of sp³-hybridized carbons (Fsp3) is 0.400. The lowest BCUT2D eigenvalue weighted by atomic mass is 10.3. The summed E-state index contributed by atoms with van der Waals surface area (Å²) in [6, 6.07) is 4.11. The summed E-state index contributed by atoms with van der Waals surface area (Å²) in [5.74, 6) is 1.56. The summed E-state index contributed by atoms with van der Waals surface area (Å²) in [7, 11) is 1.93. The number of alkyl halides is 1. The first-order valence-electron chi connectivity index (χ1n) is 7.03. The molecule has 3 aromatic heterocycles. The molecule has 0 fully saturated rings. The second kappa shape index (κ2) is 5.85. The molecule has 0 bridgehead atoms. The van der Waals surface area contributed by atoms with Crippen molar-refractivity contribution in [3.8, 4) is 0 Å². The number of imidazole rings is 1. The number of rotatable bonds is 5. The van der Waals surface area contributed by atoms with Gasteiger partial charge in [-0.05, 0) is 24.6 Å². The van der Waals surface area contributed by atoms with Crippen molar-refractivity contribution in [2.24, 2.45) is 7.05 Å². The maximum Gasteiger partial charge on any atom is 0.160 e. The molecule has 0 spiro atoms. The molecule has 0 atom stereocenters. The molecule has 3 rings (SSSR count). The first-order chi connectivity index (χ1) is 10.2. The largest absolute Gasteiger partial charge is 0.312 e. The summed E-state index contributed by atoms with van der Waals surface area (Å²) in [5, 5.41) is 4.42. The highest BCUT2D eigenvalue weighted by atomic mass is 35.5. The number of aryl methyl sites for hydroxylation is 5. The SMILES string of the molecule is Cc1cnc2c(c1)nc(CCCl)n2CCc1ccn(C)n1. The van der Waals surface area contributed by atoms with Crippen LogP contribution >= 0.6 is 11.6 Å². The molecule has 0 saturated heterocycles. The predicted octanol–water partition coefficient (Wildman–Crippen LogP) is 2.50. The molecule has 0 amide bonds. The van der Waals surface area contributed by atoms with Gasteiger partial charge in [-0.2, -0.15) is 5.10 Å². The smallest absolute Gasteiger partial charge is 0.160 e. The standard InChI is InChI=1S/C15H18ClN5/c1-11-9-13-15(17-10-11)21(14(18-13)3-6-16)8-5-12-4-7-20(2)19-12/h4,7,9-10H,3,5-6,8H2,1-2H3. The van der Waals surface area contributed by atoms with Gasteiger partial charge in [-0.3, -0.25) is 4.68 Å². The Morgan fingerprint density at radius 1 is 1.29 bits per heavy atom. The highest BCUT2D eigenvalue weighted by Crippen LogP contribution is 2.17. The number of hydrogen-bond donors (Lipinski definition) is 0. The van der Waals surface area contributed by atoms with Crippen molar-refractivity contribution >= 4 is 22.8 Å². The van der Waals surface area contributed by atoms with Crippen LogP contribution in [0.3, 0.4) is 0 Å². The zero-order valence-electron chi connectivity index (χ0n) is 12.3. The van der Waals surface area contributed by atoms with Crippen molar-refractivity contribution in [2.75, 3.05) is 5.88 Å². The molecule has 0 aliphatic heterocycles. The van der Waals surface area contributed by atoms with Crippen molar-refractivity contribution < 1.29 is 0 Å². The maximum atomic E-state index is 5.90. The number of hydrogen-bond acceptors (Lipinski definition) is 3. The molecule has 0 N–H and O–H groups in total. The van der Waals surface area contributed by atoms with Crippen LogP contribution in [0.2, 0.25) is 0 Å². The first kappa shape index (κ1) is 14.1. The third-order valence-corrected chi connectivity index (χ3v) is 3.67. The third-order valence-electron chi connectivity index (χ3n) is 3.48. The van der Waals surface area contributed by atoms with Crippen LogP contribution in [-0.2, 0) is 26.4 Å². The van der Waals surface area contributed by atoms with Crippen LogP contribution in [0.25, 0.3) is 11.2 Å². The lowest BCUT2D eigenvalue weighted by molar-refractivity contribution is 0.647. The second-order valence-corrected chi connectivity index (χ2v) is 5.58. The lowest BCUT2D eigenvalue weighted by Crippen LogP contribution is -2.08. The zero-order chi connectivity index (χ0) is 14.8. The number of pyridine rings is 1. The van der Waals surface area contributed by atoms with E-state index < -0.39 is 0 Å². The molecule has 0 aliphatic rings. The van der Waals surface area contributed by atoms with Gasteiger partial charge in [0.1, 0.15) is 11.3 Å². The van der Waals surface area contributed by atoms with Crippen LogP contribution in [0.1, 0.15) is 17.1 Å². The summed E-state index contributed by atoms with van der Waals surface area (Å²) < 4.78 is 3.98. The van der Waals surface area contributed by atoms with Crippen LogP contribution in [-0.4, -0.2) is 30.2 Å². The van der Waals surface area contributed by atoms with Crippen molar-refractivity contribution in [3.05, 3.63) is 41.6 Å². The Morgan fingerprint density at radius 3 is 2.86 bits per heavy atom. The van der Waals surface area contributed by atoms with Gasteiger partial charge in [0.25, 0.3) is 0 Å². The summed E-state index contributed by atoms with van der Waals surface area (Å²) in [5.41, 5.74) is 4.06. The Morgan fingerprint density at radius 2 is 2.14 bits per heavy atom. The van der Waals surface area contributed by atoms with Crippen LogP contribution in [0.5, 0.6) is 0 Å². The van der Waals surface area contributed by atoms with E-state index in [1.807, 2.05) is 37.1 Å². The molecule has 110 valence electrons. The number of nitrogens with zero attached hydrogens (tertiary/aromatic N) is 5. The molecule has 5 nitrogen and oxygen atoms in total. The van der Waals surface area contributed by atoms with Crippen LogP contribution < -0.4 is 0 Å². The topological polar surface area (TPSA) is 48.5 Å². The molecular formula is C15H18ClN5. The van der Waals surface area contributed by atoms with E-state index in [2.05, 4.69) is 25.7 Å². The van der Waals surface area contributed by atoms with Gasteiger partial charge in [-0.25, -0.2) is 9.97 Å². The van der Waals surface area contributed by atoms with Crippen molar-refractivity contribution in [3.63, 3.8) is 0 Å². The molecule has 0 aliphatic carbocycles. The van der Waals surface area contributed by atoms with Crippen molar-refractivity contribution in [1.82, 2.24) is 24.3 Å². The fourth-order valence-corrected chi connectivity index (χ4v) is 2.66. The summed E-state index contributed by atoms with van der Waals surface area (Å²) in [6.45, 7) is 2.84. The van der Waals surface area contributed by atoms with Gasteiger partial charge in [0.2, 0.25) is 0 Å².